The largest absolute Gasteiger partial charge is 0.485 e. The highest BCUT2D eigenvalue weighted by atomic mass is 16.5. The SMILES string of the molecule is CCn1nc(C)cc1COc1ccc(C)nc1CCN. The van der Waals surface area contributed by atoms with Crippen LogP contribution >= 0.6 is 0 Å². The van der Waals surface area contributed by atoms with Crippen molar-refractivity contribution in [3.63, 3.8) is 0 Å². The van der Waals surface area contributed by atoms with Crippen LogP contribution in [0.2, 0.25) is 0 Å². The Hall–Kier alpha value is -1.88. The zero-order valence-corrected chi connectivity index (χ0v) is 12.4. The van der Waals surface area contributed by atoms with Crippen LogP contribution < -0.4 is 10.5 Å². The summed E-state index contributed by atoms with van der Waals surface area (Å²) in [5, 5.41) is 4.42. The Labute approximate surface area is 119 Å². The first-order valence-corrected chi connectivity index (χ1v) is 6.96. The molecule has 2 heterocycles. The molecule has 5 heteroatoms. The highest BCUT2D eigenvalue weighted by Gasteiger charge is 2.08. The van der Waals surface area contributed by atoms with Crippen LogP contribution in [0.5, 0.6) is 5.75 Å². The second kappa shape index (κ2) is 6.52. The molecule has 0 spiro atoms. The molecule has 20 heavy (non-hydrogen) atoms. The van der Waals surface area contributed by atoms with Gasteiger partial charge >= 0.3 is 0 Å². The Bertz CT molecular complexity index is 577. The Morgan fingerprint density at radius 3 is 2.75 bits per heavy atom. The Morgan fingerprint density at radius 2 is 2.05 bits per heavy atom. The number of ether oxygens (including phenoxy) is 1. The van der Waals surface area contributed by atoms with Crippen molar-refractivity contribution in [1.29, 1.82) is 0 Å². The third kappa shape index (κ3) is 3.36. The molecular formula is C15H22N4O. The summed E-state index contributed by atoms with van der Waals surface area (Å²) in [6, 6.07) is 5.97. The van der Waals surface area contributed by atoms with Crippen LogP contribution in [0.25, 0.3) is 0 Å². The van der Waals surface area contributed by atoms with Gasteiger partial charge in [-0.05, 0) is 45.5 Å². The van der Waals surface area contributed by atoms with Crippen LogP contribution in [-0.4, -0.2) is 21.3 Å². The molecule has 5 nitrogen and oxygen atoms in total. The zero-order valence-electron chi connectivity index (χ0n) is 12.4. The maximum absolute atomic E-state index is 5.91. The first kappa shape index (κ1) is 14.5. The van der Waals surface area contributed by atoms with Gasteiger partial charge < -0.3 is 10.5 Å². The van der Waals surface area contributed by atoms with Gasteiger partial charge in [-0.2, -0.15) is 5.10 Å². The lowest BCUT2D eigenvalue weighted by molar-refractivity contribution is 0.288. The quantitative estimate of drug-likeness (QED) is 0.875. The van der Waals surface area contributed by atoms with E-state index in [4.69, 9.17) is 10.5 Å². The van der Waals surface area contributed by atoms with Crippen molar-refractivity contribution in [2.45, 2.75) is 40.3 Å². The van der Waals surface area contributed by atoms with E-state index in [2.05, 4.69) is 17.0 Å². The average molecular weight is 274 g/mol. The molecule has 0 aromatic carbocycles. The van der Waals surface area contributed by atoms with Crippen LogP contribution in [0.4, 0.5) is 0 Å². The normalized spacial score (nSPS) is 10.8. The van der Waals surface area contributed by atoms with Gasteiger partial charge in [-0.15, -0.1) is 0 Å². The van der Waals surface area contributed by atoms with Gasteiger partial charge in [0.25, 0.3) is 0 Å². The molecule has 2 N–H and O–H groups in total. The van der Waals surface area contributed by atoms with Crippen molar-refractivity contribution >= 4 is 0 Å². The van der Waals surface area contributed by atoms with E-state index in [-0.39, 0.29) is 0 Å². The molecule has 0 atom stereocenters. The maximum atomic E-state index is 5.91. The molecule has 0 bridgehead atoms. The van der Waals surface area contributed by atoms with Crippen molar-refractivity contribution in [2.24, 2.45) is 5.73 Å². The number of pyridine rings is 1. The molecule has 0 unspecified atom stereocenters. The third-order valence-corrected chi connectivity index (χ3v) is 3.11. The molecular weight excluding hydrogens is 252 g/mol. The van der Waals surface area contributed by atoms with E-state index in [0.717, 1.165) is 41.5 Å². The van der Waals surface area contributed by atoms with Gasteiger partial charge in [-0.3, -0.25) is 9.67 Å². The minimum atomic E-state index is 0.497. The van der Waals surface area contributed by atoms with Crippen molar-refractivity contribution in [1.82, 2.24) is 14.8 Å². The number of hydrogen-bond donors (Lipinski definition) is 1. The average Bonchev–Trinajstić information content (AvgIpc) is 2.78. The van der Waals surface area contributed by atoms with Crippen LogP contribution in [0.3, 0.4) is 0 Å². The lowest BCUT2D eigenvalue weighted by Crippen LogP contribution is -2.10. The Balaban J connectivity index is 2.13. The highest BCUT2D eigenvalue weighted by molar-refractivity contribution is 5.29. The molecule has 108 valence electrons. The summed E-state index contributed by atoms with van der Waals surface area (Å²) in [5.41, 5.74) is 9.61. The van der Waals surface area contributed by atoms with Crippen LogP contribution in [0.15, 0.2) is 18.2 Å². The number of nitrogens with two attached hydrogens (primary N) is 1. The van der Waals surface area contributed by atoms with E-state index >= 15 is 0 Å². The minimum absolute atomic E-state index is 0.497. The highest BCUT2D eigenvalue weighted by Crippen LogP contribution is 2.19. The molecule has 0 amide bonds. The van der Waals surface area contributed by atoms with Crippen molar-refractivity contribution in [3.8, 4) is 5.75 Å². The van der Waals surface area contributed by atoms with E-state index in [9.17, 15) is 0 Å². The van der Waals surface area contributed by atoms with E-state index < -0.39 is 0 Å². The molecule has 2 rings (SSSR count). The fourth-order valence-corrected chi connectivity index (χ4v) is 2.19. The molecule has 0 radical (unpaired) electrons. The Kier molecular flexibility index (Phi) is 4.74. The summed E-state index contributed by atoms with van der Waals surface area (Å²) in [4.78, 5) is 4.50. The molecule has 0 aliphatic heterocycles. The summed E-state index contributed by atoms with van der Waals surface area (Å²) in [5.74, 6) is 0.808. The van der Waals surface area contributed by atoms with Crippen molar-refractivity contribution in [2.75, 3.05) is 6.54 Å². The number of aromatic nitrogens is 3. The number of rotatable bonds is 6. The monoisotopic (exact) mass is 274 g/mol. The van der Waals surface area contributed by atoms with Gasteiger partial charge in [-0.1, -0.05) is 0 Å². The van der Waals surface area contributed by atoms with E-state index in [0.29, 0.717) is 13.2 Å². The standard InChI is InChI=1S/C15H22N4O/c1-4-19-13(9-12(3)18-19)10-20-15-6-5-11(2)17-14(15)7-8-16/h5-6,9H,4,7-8,10,16H2,1-3H3. The Morgan fingerprint density at radius 1 is 1.25 bits per heavy atom. The van der Waals surface area contributed by atoms with Crippen LogP contribution in [0, 0.1) is 13.8 Å². The van der Waals surface area contributed by atoms with Gasteiger partial charge in [0.05, 0.1) is 17.1 Å². The summed E-state index contributed by atoms with van der Waals surface area (Å²) < 4.78 is 7.87. The minimum Gasteiger partial charge on any atom is -0.485 e. The molecule has 0 aliphatic rings. The fourth-order valence-electron chi connectivity index (χ4n) is 2.19. The molecule has 0 saturated heterocycles. The van der Waals surface area contributed by atoms with Crippen molar-refractivity contribution < 1.29 is 4.74 Å². The second-order valence-corrected chi connectivity index (χ2v) is 4.82. The third-order valence-electron chi connectivity index (χ3n) is 3.11. The lowest BCUT2D eigenvalue weighted by atomic mass is 10.2. The van der Waals surface area contributed by atoms with Crippen molar-refractivity contribution in [3.05, 3.63) is 41.0 Å². The molecule has 0 fully saturated rings. The lowest BCUT2D eigenvalue weighted by Gasteiger charge is -2.11. The summed E-state index contributed by atoms with van der Waals surface area (Å²) in [6.45, 7) is 7.94. The zero-order chi connectivity index (χ0) is 14.5. The smallest absolute Gasteiger partial charge is 0.141 e. The van der Waals surface area contributed by atoms with Crippen LogP contribution in [-0.2, 0) is 19.6 Å². The fraction of sp³-hybridized carbons (Fsp3) is 0.467. The predicted molar refractivity (Wildman–Crippen MR) is 78.7 cm³/mol. The first-order valence-electron chi connectivity index (χ1n) is 6.96. The molecule has 2 aromatic heterocycles. The van der Waals surface area contributed by atoms with Crippen LogP contribution in [0.1, 0.15) is 29.7 Å². The summed E-state index contributed by atoms with van der Waals surface area (Å²) in [7, 11) is 0. The predicted octanol–water partition coefficient (Wildman–Crippen LogP) is 2.00. The molecule has 0 saturated carbocycles. The topological polar surface area (TPSA) is 66.0 Å². The molecule has 0 aliphatic carbocycles. The van der Waals surface area contributed by atoms with Gasteiger partial charge in [0.1, 0.15) is 12.4 Å². The summed E-state index contributed by atoms with van der Waals surface area (Å²) >= 11 is 0. The second-order valence-electron chi connectivity index (χ2n) is 4.82. The van der Waals surface area contributed by atoms with E-state index in [1.54, 1.807) is 0 Å². The number of nitrogens with zero attached hydrogens (tertiary/aromatic N) is 3. The van der Waals surface area contributed by atoms with E-state index in [1.807, 2.05) is 36.7 Å². The van der Waals surface area contributed by atoms with Gasteiger partial charge in [0.2, 0.25) is 0 Å². The van der Waals surface area contributed by atoms with Gasteiger partial charge in [-0.25, -0.2) is 0 Å². The number of aryl methyl sites for hydroxylation is 3. The number of hydrogen-bond acceptors (Lipinski definition) is 4. The van der Waals surface area contributed by atoms with Gasteiger partial charge in [0.15, 0.2) is 0 Å². The summed E-state index contributed by atoms with van der Waals surface area (Å²) in [6.07, 6.45) is 0.725. The molecule has 2 aromatic rings. The maximum Gasteiger partial charge on any atom is 0.141 e. The van der Waals surface area contributed by atoms with E-state index in [1.165, 1.54) is 0 Å². The first-order chi connectivity index (χ1) is 9.63. The van der Waals surface area contributed by atoms with Gasteiger partial charge in [0, 0.05) is 18.7 Å².